The third-order valence-electron chi connectivity index (χ3n) is 4.63. The molecule has 7 nitrogen and oxygen atoms in total. The van der Waals surface area contributed by atoms with Crippen LogP contribution in [0.2, 0.25) is 0 Å². The maximum atomic E-state index is 12.9. The van der Waals surface area contributed by atoms with Crippen LogP contribution in [0.3, 0.4) is 0 Å². The molecule has 0 saturated heterocycles. The van der Waals surface area contributed by atoms with E-state index in [1.54, 1.807) is 29.8 Å². The van der Waals surface area contributed by atoms with Crippen LogP contribution in [0.15, 0.2) is 42.6 Å². The van der Waals surface area contributed by atoms with Gasteiger partial charge in [0.05, 0.1) is 5.52 Å². The number of methoxy groups -OCH3 is 1. The van der Waals surface area contributed by atoms with Gasteiger partial charge in [0.2, 0.25) is 5.82 Å². The second kappa shape index (κ2) is 8.67. The molecule has 0 saturated carbocycles. The van der Waals surface area contributed by atoms with Crippen LogP contribution >= 0.6 is 0 Å². The molecule has 1 aromatic carbocycles. The average Bonchev–Trinajstić information content (AvgIpc) is 3.08. The standard InChI is InChI=1S/C21H24N4O3/c1-14-8-6-9-16(15(14)2)23-21(27)19-24-18(17-10-4-5-12-25(17)19)20(26)22-11-7-13-28-3/h4-6,8-10,12H,7,11,13H2,1-3H3,(H,22,26)(H,23,27). The number of anilines is 1. The number of benzene rings is 1. The molecule has 0 spiro atoms. The molecule has 0 radical (unpaired) electrons. The smallest absolute Gasteiger partial charge is 0.292 e. The fraction of sp³-hybridized carbons (Fsp3) is 0.286. The molecule has 2 heterocycles. The molecular formula is C21H24N4O3. The van der Waals surface area contributed by atoms with Gasteiger partial charge in [-0.3, -0.25) is 14.0 Å². The number of pyridine rings is 1. The summed E-state index contributed by atoms with van der Waals surface area (Å²) in [4.78, 5) is 29.8. The maximum Gasteiger partial charge on any atom is 0.292 e. The number of rotatable bonds is 7. The fourth-order valence-corrected chi connectivity index (χ4v) is 2.93. The molecular weight excluding hydrogens is 356 g/mol. The van der Waals surface area contributed by atoms with Crippen LogP contribution in [0.1, 0.15) is 38.7 Å². The number of hydrogen-bond acceptors (Lipinski definition) is 4. The highest BCUT2D eigenvalue weighted by Crippen LogP contribution is 2.20. The summed E-state index contributed by atoms with van der Waals surface area (Å²) in [5.74, 6) is -0.516. The predicted octanol–water partition coefficient (Wildman–Crippen LogP) is 2.97. The molecule has 3 aromatic rings. The highest BCUT2D eigenvalue weighted by atomic mass is 16.5. The molecule has 146 valence electrons. The highest BCUT2D eigenvalue weighted by molar-refractivity contribution is 6.06. The lowest BCUT2D eigenvalue weighted by atomic mass is 10.1. The Hall–Kier alpha value is -3.19. The number of ether oxygens (including phenoxy) is 1. The summed E-state index contributed by atoms with van der Waals surface area (Å²) in [6.45, 7) is 4.98. The van der Waals surface area contributed by atoms with Crippen LogP contribution in [0, 0.1) is 13.8 Å². The summed E-state index contributed by atoms with van der Waals surface area (Å²) in [6, 6.07) is 11.1. The molecule has 0 aliphatic heterocycles. The second-order valence-electron chi connectivity index (χ2n) is 6.54. The molecule has 0 aliphatic rings. The third-order valence-corrected chi connectivity index (χ3v) is 4.63. The molecule has 2 aromatic heterocycles. The summed E-state index contributed by atoms with van der Waals surface area (Å²) < 4.78 is 6.62. The Labute approximate surface area is 163 Å². The fourth-order valence-electron chi connectivity index (χ4n) is 2.93. The summed E-state index contributed by atoms with van der Waals surface area (Å²) in [7, 11) is 1.62. The number of carbonyl (C=O) groups excluding carboxylic acids is 2. The van der Waals surface area contributed by atoms with E-state index in [1.807, 2.05) is 38.1 Å². The molecule has 2 amide bonds. The van der Waals surface area contributed by atoms with Crippen LogP contribution in [-0.4, -0.2) is 41.5 Å². The van der Waals surface area contributed by atoms with E-state index in [1.165, 1.54) is 0 Å². The highest BCUT2D eigenvalue weighted by Gasteiger charge is 2.21. The molecule has 3 rings (SSSR count). The van der Waals surface area contributed by atoms with Gasteiger partial charge >= 0.3 is 0 Å². The molecule has 2 N–H and O–H groups in total. The van der Waals surface area contributed by atoms with Gasteiger partial charge in [0.15, 0.2) is 5.69 Å². The first-order valence-corrected chi connectivity index (χ1v) is 9.14. The van der Waals surface area contributed by atoms with Crippen molar-refractivity contribution in [3.63, 3.8) is 0 Å². The first-order chi connectivity index (χ1) is 13.5. The van der Waals surface area contributed by atoms with Crippen LogP contribution < -0.4 is 10.6 Å². The van der Waals surface area contributed by atoms with Gasteiger partial charge in [-0.2, -0.15) is 0 Å². The minimum Gasteiger partial charge on any atom is -0.385 e. The van der Waals surface area contributed by atoms with Crippen molar-refractivity contribution in [3.05, 3.63) is 65.2 Å². The molecule has 7 heteroatoms. The lowest BCUT2D eigenvalue weighted by Gasteiger charge is -2.09. The zero-order valence-electron chi connectivity index (χ0n) is 16.3. The van der Waals surface area contributed by atoms with E-state index in [0.29, 0.717) is 25.1 Å². The molecule has 0 aliphatic carbocycles. The number of hydrogen-bond donors (Lipinski definition) is 2. The SMILES string of the molecule is COCCCNC(=O)c1nc(C(=O)Nc2cccc(C)c2C)n2ccccc12. The number of aryl methyl sites for hydroxylation is 1. The molecule has 0 unspecified atom stereocenters. The minimum atomic E-state index is -0.367. The third kappa shape index (κ3) is 4.04. The lowest BCUT2D eigenvalue weighted by molar-refractivity contribution is 0.0946. The van der Waals surface area contributed by atoms with Crippen molar-refractivity contribution >= 4 is 23.0 Å². The lowest BCUT2D eigenvalue weighted by Crippen LogP contribution is -2.26. The maximum absolute atomic E-state index is 12.9. The van der Waals surface area contributed by atoms with Gasteiger partial charge in [-0.15, -0.1) is 0 Å². The molecule has 28 heavy (non-hydrogen) atoms. The first kappa shape index (κ1) is 19.6. The zero-order chi connectivity index (χ0) is 20.1. The topological polar surface area (TPSA) is 84.7 Å². The van der Waals surface area contributed by atoms with E-state index >= 15 is 0 Å². The molecule has 0 bridgehead atoms. The zero-order valence-corrected chi connectivity index (χ0v) is 16.3. The second-order valence-corrected chi connectivity index (χ2v) is 6.54. The van der Waals surface area contributed by atoms with E-state index in [0.717, 1.165) is 16.8 Å². The van der Waals surface area contributed by atoms with Crippen molar-refractivity contribution in [2.45, 2.75) is 20.3 Å². The van der Waals surface area contributed by atoms with Crippen LogP contribution in [-0.2, 0) is 4.74 Å². The van der Waals surface area contributed by atoms with Crippen LogP contribution in [0.25, 0.3) is 5.52 Å². The van der Waals surface area contributed by atoms with Crippen LogP contribution in [0.4, 0.5) is 5.69 Å². The van der Waals surface area contributed by atoms with Gasteiger partial charge < -0.3 is 15.4 Å². The normalized spacial score (nSPS) is 10.8. The number of nitrogens with zero attached hydrogens (tertiary/aromatic N) is 2. The number of amides is 2. The summed E-state index contributed by atoms with van der Waals surface area (Å²) in [5, 5.41) is 5.72. The summed E-state index contributed by atoms with van der Waals surface area (Å²) >= 11 is 0. The molecule has 0 fully saturated rings. The van der Waals surface area contributed by atoms with Crippen molar-refractivity contribution < 1.29 is 14.3 Å². The van der Waals surface area contributed by atoms with Crippen molar-refractivity contribution in [2.75, 3.05) is 25.6 Å². The molecule has 0 atom stereocenters. The number of carbonyl (C=O) groups is 2. The Morgan fingerprint density at radius 1 is 1.11 bits per heavy atom. The number of fused-ring (bicyclic) bond motifs is 1. The van der Waals surface area contributed by atoms with E-state index in [9.17, 15) is 9.59 Å². The van der Waals surface area contributed by atoms with Crippen molar-refractivity contribution in [1.82, 2.24) is 14.7 Å². The number of aromatic nitrogens is 2. The summed E-state index contributed by atoms with van der Waals surface area (Å²) in [6.07, 6.45) is 2.43. The van der Waals surface area contributed by atoms with Gasteiger partial charge in [-0.1, -0.05) is 18.2 Å². The number of nitrogens with one attached hydrogen (secondary N) is 2. The monoisotopic (exact) mass is 380 g/mol. The van der Waals surface area contributed by atoms with Crippen molar-refractivity contribution in [1.29, 1.82) is 0 Å². The van der Waals surface area contributed by atoms with E-state index in [4.69, 9.17) is 4.74 Å². The quantitative estimate of drug-likeness (QED) is 0.617. The van der Waals surface area contributed by atoms with Gasteiger partial charge in [-0.05, 0) is 49.6 Å². The van der Waals surface area contributed by atoms with E-state index in [-0.39, 0.29) is 23.3 Å². The number of imidazole rings is 1. The Bertz CT molecular complexity index is 1010. The van der Waals surface area contributed by atoms with Gasteiger partial charge in [-0.25, -0.2) is 4.98 Å². The Kier molecular flexibility index (Phi) is 6.06. The summed E-state index contributed by atoms with van der Waals surface area (Å²) in [5.41, 5.74) is 3.61. The first-order valence-electron chi connectivity index (χ1n) is 9.14. The van der Waals surface area contributed by atoms with E-state index < -0.39 is 0 Å². The van der Waals surface area contributed by atoms with Crippen molar-refractivity contribution in [3.8, 4) is 0 Å². The Balaban J connectivity index is 1.88. The predicted molar refractivity (Wildman–Crippen MR) is 108 cm³/mol. The van der Waals surface area contributed by atoms with Gasteiger partial charge in [0.1, 0.15) is 0 Å². The van der Waals surface area contributed by atoms with Crippen LogP contribution in [0.5, 0.6) is 0 Å². The average molecular weight is 380 g/mol. The Morgan fingerprint density at radius 2 is 1.93 bits per heavy atom. The van der Waals surface area contributed by atoms with Gasteiger partial charge in [0, 0.05) is 32.1 Å². The largest absolute Gasteiger partial charge is 0.385 e. The van der Waals surface area contributed by atoms with E-state index in [2.05, 4.69) is 15.6 Å². The Morgan fingerprint density at radius 3 is 2.71 bits per heavy atom. The van der Waals surface area contributed by atoms with Gasteiger partial charge in [0.25, 0.3) is 11.8 Å². The van der Waals surface area contributed by atoms with Crippen molar-refractivity contribution in [2.24, 2.45) is 0 Å². The minimum absolute atomic E-state index is 0.165.